The van der Waals surface area contributed by atoms with Gasteiger partial charge < -0.3 is 10.2 Å². The van der Waals surface area contributed by atoms with Crippen LogP contribution in [0.25, 0.3) is 0 Å². The Hall–Kier alpha value is -2.41. The van der Waals surface area contributed by atoms with Crippen molar-refractivity contribution < 1.29 is 9.72 Å². The molecule has 0 saturated carbocycles. The summed E-state index contributed by atoms with van der Waals surface area (Å²) in [7, 11) is 1.51. The molecule has 2 aromatic rings. The first-order valence-corrected chi connectivity index (χ1v) is 7.81. The number of halogens is 1. The number of anilines is 1. The molecule has 118 valence electrons. The number of nitro benzene ring substituents is 1. The molecule has 1 amide bonds. The minimum absolute atomic E-state index is 0.0909. The normalized spacial score (nSPS) is 12.9. The van der Waals surface area contributed by atoms with Crippen LogP contribution in [0.4, 0.5) is 11.4 Å². The Balaban J connectivity index is 2.00. The summed E-state index contributed by atoms with van der Waals surface area (Å²) in [6.45, 7) is 1.33. The molecule has 0 saturated heterocycles. The zero-order chi connectivity index (χ0) is 16.6. The first kappa shape index (κ1) is 15.5. The van der Waals surface area contributed by atoms with Gasteiger partial charge in [0.2, 0.25) is 0 Å². The van der Waals surface area contributed by atoms with Crippen molar-refractivity contribution in [1.82, 2.24) is 5.32 Å². The van der Waals surface area contributed by atoms with Crippen LogP contribution in [-0.2, 0) is 13.1 Å². The molecule has 7 heteroatoms. The summed E-state index contributed by atoms with van der Waals surface area (Å²) < 4.78 is 1.01. The standard InChI is InChI=1S/C16H14BrN3O3/c1-18-16(21)14-7-13(20(22)23)4-5-15(14)19-8-10-2-3-12(17)6-11(10)9-19/h2-7H,8-9H2,1H3,(H,18,21). The second-order valence-electron chi connectivity index (χ2n) is 5.31. The molecular weight excluding hydrogens is 362 g/mol. The van der Waals surface area contributed by atoms with Gasteiger partial charge in [-0.2, -0.15) is 0 Å². The molecule has 0 unspecified atom stereocenters. The Kier molecular flexibility index (Phi) is 4.04. The van der Waals surface area contributed by atoms with Gasteiger partial charge in [-0.3, -0.25) is 14.9 Å². The molecule has 1 N–H and O–H groups in total. The average molecular weight is 376 g/mol. The number of nitrogens with one attached hydrogen (secondary N) is 1. The molecule has 0 atom stereocenters. The zero-order valence-corrected chi connectivity index (χ0v) is 14.0. The van der Waals surface area contributed by atoms with Crippen molar-refractivity contribution in [2.75, 3.05) is 11.9 Å². The first-order chi connectivity index (χ1) is 11.0. The number of carbonyl (C=O) groups excluding carboxylic acids is 1. The second kappa shape index (κ2) is 6.00. The number of non-ortho nitro benzene ring substituents is 1. The van der Waals surface area contributed by atoms with Crippen molar-refractivity contribution in [3.63, 3.8) is 0 Å². The maximum absolute atomic E-state index is 12.1. The Morgan fingerprint density at radius 1 is 1.22 bits per heavy atom. The van der Waals surface area contributed by atoms with Crippen molar-refractivity contribution in [1.29, 1.82) is 0 Å². The Bertz CT molecular complexity index is 807. The van der Waals surface area contributed by atoms with E-state index in [2.05, 4.69) is 27.3 Å². The number of benzene rings is 2. The van der Waals surface area contributed by atoms with Gasteiger partial charge in [-0.15, -0.1) is 0 Å². The molecule has 23 heavy (non-hydrogen) atoms. The van der Waals surface area contributed by atoms with Crippen LogP contribution in [0.5, 0.6) is 0 Å². The van der Waals surface area contributed by atoms with Crippen LogP contribution in [-0.4, -0.2) is 17.9 Å². The summed E-state index contributed by atoms with van der Waals surface area (Å²) in [5.41, 5.74) is 3.29. The monoisotopic (exact) mass is 375 g/mol. The summed E-state index contributed by atoms with van der Waals surface area (Å²) in [5.74, 6) is -0.333. The topological polar surface area (TPSA) is 75.5 Å². The predicted octanol–water partition coefficient (Wildman–Crippen LogP) is 3.24. The van der Waals surface area contributed by atoms with Crippen molar-refractivity contribution in [3.05, 3.63) is 67.7 Å². The summed E-state index contributed by atoms with van der Waals surface area (Å²) in [4.78, 5) is 24.6. The summed E-state index contributed by atoms with van der Waals surface area (Å²) >= 11 is 3.46. The Labute approximate surface area is 141 Å². The van der Waals surface area contributed by atoms with Crippen LogP contribution in [0.15, 0.2) is 40.9 Å². The lowest BCUT2D eigenvalue weighted by Crippen LogP contribution is -2.23. The van der Waals surface area contributed by atoms with E-state index in [0.717, 1.165) is 4.47 Å². The molecule has 0 bridgehead atoms. The summed E-state index contributed by atoms with van der Waals surface area (Å²) in [6.07, 6.45) is 0. The number of amides is 1. The highest BCUT2D eigenvalue weighted by molar-refractivity contribution is 9.10. The molecule has 6 nitrogen and oxygen atoms in total. The van der Waals surface area contributed by atoms with E-state index in [1.165, 1.54) is 30.3 Å². The molecule has 0 spiro atoms. The van der Waals surface area contributed by atoms with E-state index in [1.54, 1.807) is 6.07 Å². The predicted molar refractivity (Wildman–Crippen MR) is 90.5 cm³/mol. The van der Waals surface area contributed by atoms with Crippen LogP contribution < -0.4 is 10.2 Å². The minimum atomic E-state index is -0.494. The number of nitrogens with zero attached hydrogens (tertiary/aromatic N) is 2. The van der Waals surface area contributed by atoms with Gasteiger partial charge in [0, 0.05) is 36.7 Å². The molecule has 0 radical (unpaired) electrons. The molecule has 1 heterocycles. The fraction of sp³-hybridized carbons (Fsp3) is 0.188. The highest BCUT2D eigenvalue weighted by Gasteiger charge is 2.25. The number of hydrogen-bond acceptors (Lipinski definition) is 4. The third-order valence-electron chi connectivity index (χ3n) is 3.89. The fourth-order valence-corrected chi connectivity index (χ4v) is 3.17. The van der Waals surface area contributed by atoms with E-state index in [0.29, 0.717) is 24.3 Å². The van der Waals surface area contributed by atoms with Crippen LogP contribution >= 0.6 is 15.9 Å². The smallest absolute Gasteiger partial charge is 0.270 e. The number of rotatable bonds is 3. The number of carbonyl (C=O) groups is 1. The number of hydrogen-bond donors (Lipinski definition) is 1. The highest BCUT2D eigenvalue weighted by atomic mass is 79.9. The third kappa shape index (κ3) is 2.92. The fourth-order valence-electron chi connectivity index (χ4n) is 2.76. The average Bonchev–Trinajstić information content (AvgIpc) is 2.96. The van der Waals surface area contributed by atoms with Gasteiger partial charge >= 0.3 is 0 Å². The zero-order valence-electron chi connectivity index (χ0n) is 12.4. The lowest BCUT2D eigenvalue weighted by molar-refractivity contribution is -0.384. The lowest BCUT2D eigenvalue weighted by atomic mass is 10.1. The van der Waals surface area contributed by atoms with Crippen LogP contribution in [0.1, 0.15) is 21.5 Å². The van der Waals surface area contributed by atoms with E-state index in [9.17, 15) is 14.9 Å². The van der Waals surface area contributed by atoms with Crippen LogP contribution in [0.2, 0.25) is 0 Å². The number of fused-ring (bicyclic) bond motifs is 1. The number of nitro groups is 1. The van der Waals surface area contributed by atoms with Gasteiger partial charge in [0.05, 0.1) is 16.2 Å². The molecular formula is C16H14BrN3O3. The molecule has 3 rings (SSSR count). The van der Waals surface area contributed by atoms with E-state index < -0.39 is 4.92 Å². The summed E-state index contributed by atoms with van der Waals surface area (Å²) in [6, 6.07) is 10.5. The van der Waals surface area contributed by atoms with E-state index in [4.69, 9.17) is 0 Å². The Morgan fingerprint density at radius 2 is 1.96 bits per heavy atom. The third-order valence-corrected chi connectivity index (χ3v) is 4.39. The maximum atomic E-state index is 12.1. The molecule has 0 fully saturated rings. The summed E-state index contributed by atoms with van der Waals surface area (Å²) in [5, 5.41) is 13.5. The largest absolute Gasteiger partial charge is 0.362 e. The van der Waals surface area contributed by atoms with Crippen LogP contribution in [0.3, 0.4) is 0 Å². The van der Waals surface area contributed by atoms with Crippen LogP contribution in [0, 0.1) is 10.1 Å². The van der Waals surface area contributed by atoms with Crippen molar-refractivity contribution in [2.45, 2.75) is 13.1 Å². The highest BCUT2D eigenvalue weighted by Crippen LogP contribution is 2.33. The van der Waals surface area contributed by atoms with E-state index >= 15 is 0 Å². The van der Waals surface area contributed by atoms with Crippen molar-refractivity contribution in [3.8, 4) is 0 Å². The van der Waals surface area contributed by atoms with Gasteiger partial charge in [-0.25, -0.2) is 0 Å². The molecule has 1 aliphatic rings. The van der Waals surface area contributed by atoms with E-state index in [1.807, 2.05) is 17.0 Å². The second-order valence-corrected chi connectivity index (χ2v) is 6.22. The first-order valence-electron chi connectivity index (χ1n) is 7.02. The molecule has 1 aliphatic heterocycles. The molecule has 0 aliphatic carbocycles. The van der Waals surface area contributed by atoms with Crippen molar-refractivity contribution in [2.24, 2.45) is 0 Å². The SMILES string of the molecule is CNC(=O)c1cc([N+](=O)[O-])ccc1N1Cc2ccc(Br)cc2C1. The van der Waals surface area contributed by atoms with Gasteiger partial charge in [0.1, 0.15) is 0 Å². The quantitative estimate of drug-likeness (QED) is 0.659. The van der Waals surface area contributed by atoms with Crippen molar-refractivity contribution >= 4 is 33.2 Å². The van der Waals surface area contributed by atoms with Gasteiger partial charge in [-0.1, -0.05) is 22.0 Å². The van der Waals surface area contributed by atoms with Gasteiger partial charge in [-0.05, 0) is 29.3 Å². The minimum Gasteiger partial charge on any atom is -0.362 e. The molecule has 2 aromatic carbocycles. The Morgan fingerprint density at radius 3 is 2.65 bits per heavy atom. The maximum Gasteiger partial charge on any atom is 0.270 e. The van der Waals surface area contributed by atoms with Gasteiger partial charge in [0.15, 0.2) is 0 Å². The molecule has 0 aromatic heterocycles. The lowest BCUT2D eigenvalue weighted by Gasteiger charge is -2.20. The van der Waals surface area contributed by atoms with E-state index in [-0.39, 0.29) is 11.6 Å². The van der Waals surface area contributed by atoms with Gasteiger partial charge in [0.25, 0.3) is 11.6 Å².